The van der Waals surface area contributed by atoms with E-state index in [0.717, 1.165) is 30.2 Å². The summed E-state index contributed by atoms with van der Waals surface area (Å²) in [5.41, 5.74) is 2.70. The van der Waals surface area contributed by atoms with Gasteiger partial charge in [-0.15, -0.1) is 4.40 Å². The van der Waals surface area contributed by atoms with Gasteiger partial charge in [0.15, 0.2) is 0 Å². The first-order valence-corrected chi connectivity index (χ1v) is 11.8. The zero-order chi connectivity index (χ0) is 22.9. The van der Waals surface area contributed by atoms with E-state index < -0.39 is 10.0 Å². The predicted molar refractivity (Wildman–Crippen MR) is 124 cm³/mol. The lowest BCUT2D eigenvalue weighted by molar-refractivity contribution is 0.102. The van der Waals surface area contributed by atoms with Crippen LogP contribution in [0.3, 0.4) is 0 Å². The molecular formula is C23H25N5O3S. The Morgan fingerprint density at radius 3 is 2.50 bits per heavy atom. The number of rotatable bonds is 5. The second kappa shape index (κ2) is 8.58. The normalized spacial score (nSPS) is 15.3. The number of carbonyl (C=O) groups is 1. The average molecular weight is 452 g/mol. The number of anilines is 1. The molecule has 3 heterocycles. The van der Waals surface area contributed by atoms with Crippen LogP contribution < -0.4 is 5.32 Å². The second-order valence-electron chi connectivity index (χ2n) is 7.79. The molecule has 0 unspecified atom stereocenters. The molecule has 0 aliphatic carbocycles. The van der Waals surface area contributed by atoms with Gasteiger partial charge in [0, 0.05) is 43.3 Å². The number of aromatic nitrogens is 2. The van der Waals surface area contributed by atoms with Crippen molar-refractivity contribution < 1.29 is 13.2 Å². The number of hydrogen-bond donors (Lipinski definition) is 1. The highest BCUT2D eigenvalue weighted by Gasteiger charge is 2.21. The van der Waals surface area contributed by atoms with Crippen LogP contribution in [0.5, 0.6) is 0 Å². The average Bonchev–Trinajstić information content (AvgIpc) is 3.30. The van der Waals surface area contributed by atoms with Gasteiger partial charge in [-0.05, 0) is 62.7 Å². The molecule has 0 radical (unpaired) electrons. The molecule has 32 heavy (non-hydrogen) atoms. The highest BCUT2D eigenvalue weighted by Crippen LogP contribution is 2.22. The molecule has 0 bridgehead atoms. The van der Waals surface area contributed by atoms with E-state index in [0.29, 0.717) is 23.5 Å². The SMILES string of the molecule is Cc1cc(C(=O)Nc2ccc(S(=O)(=O)/N=C3/CCCN3C)cc2)c(C)n1-c1ccccn1. The Hall–Kier alpha value is -3.46. The summed E-state index contributed by atoms with van der Waals surface area (Å²) in [6.45, 7) is 4.59. The lowest BCUT2D eigenvalue weighted by atomic mass is 10.2. The van der Waals surface area contributed by atoms with Crippen molar-refractivity contribution in [1.82, 2.24) is 14.5 Å². The van der Waals surface area contributed by atoms with Gasteiger partial charge in [0.1, 0.15) is 11.7 Å². The smallest absolute Gasteiger partial charge is 0.283 e. The number of likely N-dealkylation sites (tertiary alicyclic amines) is 1. The third kappa shape index (κ3) is 4.29. The van der Waals surface area contributed by atoms with Crippen molar-refractivity contribution in [3.8, 4) is 5.82 Å². The molecule has 9 heteroatoms. The summed E-state index contributed by atoms with van der Waals surface area (Å²) in [7, 11) is -1.95. The topological polar surface area (TPSA) is 96.7 Å². The molecule has 0 atom stereocenters. The molecule has 1 aliphatic heterocycles. The van der Waals surface area contributed by atoms with Crippen LogP contribution in [-0.4, -0.2) is 48.2 Å². The fraction of sp³-hybridized carbons (Fsp3) is 0.261. The van der Waals surface area contributed by atoms with Gasteiger partial charge >= 0.3 is 0 Å². The van der Waals surface area contributed by atoms with Crippen LogP contribution in [0.4, 0.5) is 5.69 Å². The van der Waals surface area contributed by atoms with E-state index in [1.165, 1.54) is 12.1 Å². The van der Waals surface area contributed by atoms with Gasteiger partial charge in [0.05, 0.1) is 10.5 Å². The molecular weight excluding hydrogens is 426 g/mol. The first kappa shape index (κ1) is 21.8. The first-order chi connectivity index (χ1) is 15.3. The fourth-order valence-electron chi connectivity index (χ4n) is 3.84. The van der Waals surface area contributed by atoms with Crippen LogP contribution in [0, 0.1) is 13.8 Å². The van der Waals surface area contributed by atoms with Gasteiger partial charge < -0.3 is 14.8 Å². The number of benzene rings is 1. The summed E-state index contributed by atoms with van der Waals surface area (Å²) in [4.78, 5) is 19.2. The Labute approximate surface area is 187 Å². The molecule has 1 N–H and O–H groups in total. The van der Waals surface area contributed by atoms with Gasteiger partial charge in [0.25, 0.3) is 15.9 Å². The molecule has 3 aromatic rings. The molecule has 0 saturated carbocycles. The lowest BCUT2D eigenvalue weighted by Gasteiger charge is -2.11. The number of nitrogens with one attached hydrogen (secondary N) is 1. The maximum atomic E-state index is 12.9. The van der Waals surface area contributed by atoms with Crippen molar-refractivity contribution >= 4 is 27.5 Å². The van der Waals surface area contributed by atoms with Gasteiger partial charge in [-0.25, -0.2) is 4.98 Å². The molecule has 0 spiro atoms. The number of sulfonamides is 1. The molecule has 1 fully saturated rings. The Morgan fingerprint density at radius 1 is 1.12 bits per heavy atom. The van der Waals surface area contributed by atoms with Gasteiger partial charge in [-0.1, -0.05) is 6.07 Å². The molecule has 1 aromatic carbocycles. The largest absolute Gasteiger partial charge is 0.362 e. The minimum atomic E-state index is -3.79. The zero-order valence-electron chi connectivity index (χ0n) is 18.2. The monoisotopic (exact) mass is 451 g/mol. The maximum absolute atomic E-state index is 12.9. The van der Waals surface area contributed by atoms with E-state index in [9.17, 15) is 13.2 Å². The van der Waals surface area contributed by atoms with Crippen LogP contribution in [0.25, 0.3) is 5.82 Å². The van der Waals surface area contributed by atoms with Gasteiger partial charge in [-0.3, -0.25) is 4.79 Å². The Kier molecular flexibility index (Phi) is 5.84. The highest BCUT2D eigenvalue weighted by atomic mass is 32.2. The van der Waals surface area contributed by atoms with Crippen LogP contribution in [0.15, 0.2) is 64.0 Å². The third-order valence-corrected chi connectivity index (χ3v) is 6.84. The quantitative estimate of drug-likeness (QED) is 0.640. The summed E-state index contributed by atoms with van der Waals surface area (Å²) >= 11 is 0. The van der Waals surface area contributed by atoms with E-state index in [2.05, 4.69) is 14.7 Å². The van der Waals surface area contributed by atoms with Crippen LogP contribution in [0.1, 0.15) is 34.6 Å². The predicted octanol–water partition coefficient (Wildman–Crippen LogP) is 3.55. The Bertz CT molecular complexity index is 1280. The van der Waals surface area contributed by atoms with E-state index in [1.54, 1.807) is 18.3 Å². The number of hydrogen-bond acceptors (Lipinski definition) is 4. The number of carbonyl (C=O) groups excluding carboxylic acids is 1. The van der Waals surface area contributed by atoms with Crippen molar-refractivity contribution in [3.63, 3.8) is 0 Å². The van der Waals surface area contributed by atoms with Crippen molar-refractivity contribution in [1.29, 1.82) is 0 Å². The van der Waals surface area contributed by atoms with E-state index in [4.69, 9.17) is 0 Å². The number of aryl methyl sites for hydroxylation is 1. The molecule has 1 aliphatic rings. The Morgan fingerprint density at radius 2 is 1.88 bits per heavy atom. The number of amides is 1. The zero-order valence-corrected chi connectivity index (χ0v) is 19.1. The highest BCUT2D eigenvalue weighted by molar-refractivity contribution is 7.90. The summed E-state index contributed by atoms with van der Waals surface area (Å²) in [5.74, 6) is 1.04. The molecule has 1 saturated heterocycles. The summed E-state index contributed by atoms with van der Waals surface area (Å²) in [5, 5.41) is 2.84. The molecule has 4 rings (SSSR count). The van der Waals surface area contributed by atoms with Crippen LogP contribution in [-0.2, 0) is 10.0 Å². The van der Waals surface area contributed by atoms with Gasteiger partial charge in [0.2, 0.25) is 0 Å². The van der Waals surface area contributed by atoms with Crippen molar-refractivity contribution in [3.05, 3.63) is 71.7 Å². The molecule has 166 valence electrons. The van der Waals surface area contributed by atoms with Crippen molar-refractivity contribution in [2.75, 3.05) is 18.9 Å². The maximum Gasteiger partial charge on any atom is 0.283 e. The first-order valence-electron chi connectivity index (χ1n) is 10.3. The number of amidine groups is 1. The molecule has 8 nitrogen and oxygen atoms in total. The standard InChI is InChI=1S/C23H25N5O3S/c1-16-15-20(17(2)28(16)21-7-4-5-13-24-21)23(29)25-18-9-11-19(12-10-18)32(30,31)26-22-8-6-14-27(22)3/h4-5,7,9-13,15H,6,8,14H2,1-3H3,(H,25,29)/b26-22-. The second-order valence-corrected chi connectivity index (χ2v) is 9.40. The minimum absolute atomic E-state index is 0.0941. The van der Waals surface area contributed by atoms with E-state index in [1.807, 2.05) is 54.6 Å². The summed E-state index contributed by atoms with van der Waals surface area (Å²) in [6, 6.07) is 13.5. The number of pyridine rings is 1. The molecule has 1 amide bonds. The minimum Gasteiger partial charge on any atom is -0.362 e. The van der Waals surface area contributed by atoms with E-state index >= 15 is 0 Å². The summed E-state index contributed by atoms with van der Waals surface area (Å²) in [6.07, 6.45) is 3.26. The summed E-state index contributed by atoms with van der Waals surface area (Å²) < 4.78 is 31.1. The fourth-order valence-corrected chi connectivity index (χ4v) is 4.93. The Balaban J connectivity index is 1.53. The van der Waals surface area contributed by atoms with Crippen LogP contribution in [0.2, 0.25) is 0 Å². The van der Waals surface area contributed by atoms with Crippen molar-refractivity contribution in [2.45, 2.75) is 31.6 Å². The van der Waals surface area contributed by atoms with Crippen LogP contribution >= 0.6 is 0 Å². The van der Waals surface area contributed by atoms with Crippen molar-refractivity contribution in [2.24, 2.45) is 4.40 Å². The molecule has 2 aromatic heterocycles. The lowest BCUT2D eigenvalue weighted by Crippen LogP contribution is -2.20. The third-order valence-electron chi connectivity index (χ3n) is 5.52. The van der Waals surface area contributed by atoms with Gasteiger partial charge in [-0.2, -0.15) is 8.42 Å². The van der Waals surface area contributed by atoms with E-state index in [-0.39, 0.29) is 10.8 Å². The number of nitrogens with zero attached hydrogens (tertiary/aromatic N) is 4.